The SMILES string of the molecule is CC1(c2ccc(Cl)cc2)NC(=NC2CC2)NC1=O. The minimum Gasteiger partial charge on any atom is -0.338 e. The highest BCUT2D eigenvalue weighted by Crippen LogP contribution is 2.28. The molecule has 1 saturated carbocycles. The Kier molecular flexibility index (Phi) is 2.55. The highest BCUT2D eigenvalue weighted by Gasteiger charge is 2.42. The number of carbonyl (C=O) groups is 1. The van der Waals surface area contributed by atoms with Gasteiger partial charge in [-0.05, 0) is 37.5 Å². The predicted molar refractivity (Wildman–Crippen MR) is 70.5 cm³/mol. The summed E-state index contributed by atoms with van der Waals surface area (Å²) in [5, 5.41) is 6.63. The molecule has 1 aliphatic heterocycles. The van der Waals surface area contributed by atoms with Gasteiger partial charge >= 0.3 is 0 Å². The van der Waals surface area contributed by atoms with Crippen LogP contribution in [0, 0.1) is 0 Å². The molecule has 1 unspecified atom stereocenters. The molecule has 5 heteroatoms. The zero-order valence-corrected chi connectivity index (χ0v) is 10.8. The zero-order valence-electron chi connectivity index (χ0n) is 10.0. The minimum absolute atomic E-state index is 0.0794. The third-order valence-electron chi connectivity index (χ3n) is 3.33. The number of halogens is 1. The first-order valence-electron chi connectivity index (χ1n) is 6.01. The van der Waals surface area contributed by atoms with Crippen LogP contribution in [0.15, 0.2) is 29.3 Å². The molecule has 1 aromatic rings. The first kappa shape index (κ1) is 11.5. The average molecular weight is 264 g/mol. The van der Waals surface area contributed by atoms with Gasteiger partial charge in [0.15, 0.2) is 5.96 Å². The van der Waals surface area contributed by atoms with Crippen molar-refractivity contribution < 1.29 is 4.79 Å². The fourth-order valence-electron chi connectivity index (χ4n) is 1.99. The summed E-state index contributed by atoms with van der Waals surface area (Å²) in [4.78, 5) is 16.5. The second-order valence-electron chi connectivity index (χ2n) is 4.92. The van der Waals surface area contributed by atoms with Crippen molar-refractivity contribution in [2.24, 2.45) is 4.99 Å². The van der Waals surface area contributed by atoms with E-state index in [2.05, 4.69) is 15.6 Å². The normalized spacial score (nSPS) is 29.2. The molecule has 94 valence electrons. The van der Waals surface area contributed by atoms with Crippen LogP contribution in [0.25, 0.3) is 0 Å². The van der Waals surface area contributed by atoms with Crippen molar-refractivity contribution >= 4 is 23.5 Å². The lowest BCUT2D eigenvalue weighted by atomic mass is 9.92. The molecular formula is C13H14ClN3O. The summed E-state index contributed by atoms with van der Waals surface area (Å²) < 4.78 is 0. The van der Waals surface area contributed by atoms with Gasteiger partial charge in [0.25, 0.3) is 5.91 Å². The van der Waals surface area contributed by atoms with E-state index in [-0.39, 0.29) is 5.91 Å². The number of amides is 1. The van der Waals surface area contributed by atoms with Crippen LogP contribution in [0.5, 0.6) is 0 Å². The average Bonchev–Trinajstić information content (AvgIpc) is 3.08. The second kappa shape index (κ2) is 3.99. The van der Waals surface area contributed by atoms with Crippen LogP contribution in [-0.4, -0.2) is 17.9 Å². The minimum atomic E-state index is -0.766. The fourth-order valence-corrected chi connectivity index (χ4v) is 2.12. The number of hydrogen-bond donors (Lipinski definition) is 2. The molecule has 1 atom stereocenters. The van der Waals surface area contributed by atoms with Crippen LogP contribution in [0.1, 0.15) is 25.3 Å². The molecule has 0 aromatic heterocycles. The summed E-state index contributed by atoms with van der Waals surface area (Å²) in [7, 11) is 0. The Bertz CT molecular complexity index is 522. The Balaban J connectivity index is 1.89. The van der Waals surface area contributed by atoms with Crippen LogP contribution in [0.2, 0.25) is 5.02 Å². The van der Waals surface area contributed by atoms with Gasteiger partial charge in [0, 0.05) is 5.02 Å². The topological polar surface area (TPSA) is 53.5 Å². The highest BCUT2D eigenvalue weighted by atomic mass is 35.5. The fraction of sp³-hybridized carbons (Fsp3) is 0.385. The number of hydrogen-bond acceptors (Lipinski definition) is 2. The van der Waals surface area contributed by atoms with Gasteiger partial charge in [-0.3, -0.25) is 10.1 Å². The van der Waals surface area contributed by atoms with E-state index in [1.54, 1.807) is 12.1 Å². The lowest BCUT2D eigenvalue weighted by Gasteiger charge is -2.21. The Hall–Kier alpha value is -1.55. The summed E-state index contributed by atoms with van der Waals surface area (Å²) >= 11 is 5.86. The van der Waals surface area contributed by atoms with Crippen molar-refractivity contribution in [1.82, 2.24) is 10.6 Å². The van der Waals surface area contributed by atoms with E-state index in [1.807, 2.05) is 19.1 Å². The van der Waals surface area contributed by atoms with E-state index >= 15 is 0 Å². The number of aliphatic imine (C=N–C) groups is 1. The summed E-state index contributed by atoms with van der Waals surface area (Å²) in [6.45, 7) is 1.85. The zero-order chi connectivity index (χ0) is 12.8. The molecule has 1 amide bonds. The summed E-state index contributed by atoms with van der Waals surface area (Å²) in [6, 6.07) is 7.66. The molecule has 0 radical (unpaired) electrons. The van der Waals surface area contributed by atoms with Crippen LogP contribution in [0.3, 0.4) is 0 Å². The highest BCUT2D eigenvalue weighted by molar-refractivity contribution is 6.30. The Morgan fingerprint density at radius 3 is 2.61 bits per heavy atom. The van der Waals surface area contributed by atoms with Gasteiger partial charge in [0.1, 0.15) is 5.54 Å². The standard InChI is InChI=1S/C13H14ClN3O/c1-13(8-2-4-9(14)5-3-8)11(18)16-12(17-13)15-10-6-7-10/h2-5,10H,6-7H2,1H3,(H2,15,16,17,18). The smallest absolute Gasteiger partial charge is 0.256 e. The monoisotopic (exact) mass is 263 g/mol. The Labute approximate surface area is 110 Å². The lowest BCUT2D eigenvalue weighted by molar-refractivity contribution is -0.123. The molecule has 2 aliphatic rings. The predicted octanol–water partition coefficient (Wildman–Crippen LogP) is 1.79. The van der Waals surface area contributed by atoms with Crippen molar-refractivity contribution in [1.29, 1.82) is 0 Å². The maximum absolute atomic E-state index is 12.1. The molecule has 0 spiro atoms. The molecule has 2 fully saturated rings. The number of nitrogens with zero attached hydrogens (tertiary/aromatic N) is 1. The van der Waals surface area contributed by atoms with Crippen LogP contribution >= 0.6 is 11.6 Å². The quantitative estimate of drug-likeness (QED) is 0.855. The number of nitrogens with one attached hydrogen (secondary N) is 2. The third-order valence-corrected chi connectivity index (χ3v) is 3.59. The number of rotatable bonds is 2. The first-order chi connectivity index (χ1) is 8.58. The number of carbonyl (C=O) groups excluding carboxylic acids is 1. The summed E-state index contributed by atoms with van der Waals surface area (Å²) in [5.41, 5.74) is 0.114. The first-order valence-corrected chi connectivity index (χ1v) is 6.39. The van der Waals surface area contributed by atoms with Gasteiger partial charge in [-0.1, -0.05) is 23.7 Å². The molecule has 2 N–H and O–H groups in total. The molecule has 3 rings (SSSR count). The summed E-state index contributed by atoms with van der Waals surface area (Å²) in [5.74, 6) is 0.504. The number of benzene rings is 1. The number of guanidine groups is 1. The third kappa shape index (κ3) is 1.97. The second-order valence-corrected chi connectivity index (χ2v) is 5.36. The van der Waals surface area contributed by atoms with Gasteiger partial charge in [0.05, 0.1) is 6.04 Å². The Morgan fingerprint density at radius 2 is 2.00 bits per heavy atom. The molecule has 1 saturated heterocycles. The van der Waals surface area contributed by atoms with Crippen molar-refractivity contribution in [3.63, 3.8) is 0 Å². The lowest BCUT2D eigenvalue weighted by Crippen LogP contribution is -2.40. The van der Waals surface area contributed by atoms with E-state index in [1.165, 1.54) is 0 Å². The van der Waals surface area contributed by atoms with Gasteiger partial charge in [0.2, 0.25) is 0 Å². The van der Waals surface area contributed by atoms with Crippen LogP contribution in [-0.2, 0) is 10.3 Å². The van der Waals surface area contributed by atoms with Crippen molar-refractivity contribution in [3.8, 4) is 0 Å². The van der Waals surface area contributed by atoms with Crippen LogP contribution < -0.4 is 10.6 Å². The summed E-state index contributed by atoms with van der Waals surface area (Å²) in [6.07, 6.45) is 2.22. The van der Waals surface area contributed by atoms with Crippen molar-refractivity contribution in [2.45, 2.75) is 31.3 Å². The molecule has 4 nitrogen and oxygen atoms in total. The molecule has 18 heavy (non-hydrogen) atoms. The molecular weight excluding hydrogens is 250 g/mol. The van der Waals surface area contributed by atoms with E-state index in [0.29, 0.717) is 17.0 Å². The van der Waals surface area contributed by atoms with E-state index in [0.717, 1.165) is 18.4 Å². The van der Waals surface area contributed by atoms with Gasteiger partial charge in [-0.25, -0.2) is 4.99 Å². The molecule has 1 heterocycles. The molecule has 1 aromatic carbocycles. The largest absolute Gasteiger partial charge is 0.338 e. The van der Waals surface area contributed by atoms with Crippen molar-refractivity contribution in [3.05, 3.63) is 34.9 Å². The Morgan fingerprint density at radius 1 is 1.33 bits per heavy atom. The van der Waals surface area contributed by atoms with E-state index in [4.69, 9.17) is 11.6 Å². The maximum atomic E-state index is 12.1. The molecule has 1 aliphatic carbocycles. The van der Waals surface area contributed by atoms with Gasteiger partial charge in [-0.15, -0.1) is 0 Å². The van der Waals surface area contributed by atoms with E-state index < -0.39 is 5.54 Å². The van der Waals surface area contributed by atoms with Gasteiger partial charge < -0.3 is 5.32 Å². The van der Waals surface area contributed by atoms with E-state index in [9.17, 15) is 4.79 Å². The van der Waals surface area contributed by atoms with Gasteiger partial charge in [-0.2, -0.15) is 0 Å². The maximum Gasteiger partial charge on any atom is 0.256 e. The molecule has 0 bridgehead atoms. The van der Waals surface area contributed by atoms with Crippen LogP contribution in [0.4, 0.5) is 0 Å². The van der Waals surface area contributed by atoms with Crippen molar-refractivity contribution in [2.75, 3.05) is 0 Å².